The molecule has 0 aliphatic heterocycles. The monoisotopic (exact) mass is 483 g/mol. The number of aromatic nitrogens is 1. The van der Waals surface area contributed by atoms with Crippen molar-refractivity contribution in [2.75, 3.05) is 0 Å². The molecule has 1 saturated carbocycles. The molecule has 35 heavy (non-hydrogen) atoms. The van der Waals surface area contributed by atoms with Crippen molar-refractivity contribution in [2.45, 2.75) is 44.4 Å². The highest BCUT2D eigenvalue weighted by molar-refractivity contribution is 5.92. The summed E-state index contributed by atoms with van der Waals surface area (Å²) in [5, 5.41) is 14.0. The number of amides is 2. The van der Waals surface area contributed by atoms with Crippen LogP contribution in [-0.2, 0) is 12.7 Å². The molecule has 2 amide bonds. The van der Waals surface area contributed by atoms with Crippen molar-refractivity contribution in [2.24, 2.45) is 0 Å². The van der Waals surface area contributed by atoms with Gasteiger partial charge in [0.2, 0.25) is 0 Å². The Balaban J connectivity index is 1.53. The SMILES string of the molecule is C[C@@H](NC(=O)c1cc(C2CC2)ccn1)c1ccc(-c2cc(C(F)(F)F)ccc2CNC(=O)O)cc1. The number of carbonyl (C=O) groups is 2. The number of carboxylic acid groups (broad SMARTS) is 1. The van der Waals surface area contributed by atoms with Crippen molar-refractivity contribution >= 4 is 12.0 Å². The molecule has 3 N–H and O–H groups in total. The highest BCUT2D eigenvalue weighted by Gasteiger charge is 2.31. The maximum atomic E-state index is 13.3. The normalized spacial score (nSPS) is 14.3. The average Bonchev–Trinajstić information content (AvgIpc) is 3.68. The second kappa shape index (κ2) is 9.77. The number of nitrogens with zero attached hydrogens (tertiary/aromatic N) is 1. The number of nitrogens with one attached hydrogen (secondary N) is 2. The summed E-state index contributed by atoms with van der Waals surface area (Å²) in [4.78, 5) is 27.7. The highest BCUT2D eigenvalue weighted by Crippen LogP contribution is 2.40. The van der Waals surface area contributed by atoms with Gasteiger partial charge < -0.3 is 15.7 Å². The Hall–Kier alpha value is -3.88. The number of benzene rings is 2. The van der Waals surface area contributed by atoms with E-state index in [1.165, 1.54) is 6.07 Å². The minimum absolute atomic E-state index is 0.135. The van der Waals surface area contributed by atoms with Crippen LogP contribution in [0.3, 0.4) is 0 Å². The lowest BCUT2D eigenvalue weighted by Gasteiger charge is -2.17. The summed E-state index contributed by atoms with van der Waals surface area (Å²) in [6.45, 7) is 1.67. The Morgan fingerprint density at radius 3 is 2.43 bits per heavy atom. The molecule has 4 rings (SSSR count). The zero-order valence-corrected chi connectivity index (χ0v) is 18.9. The molecular weight excluding hydrogens is 459 g/mol. The van der Waals surface area contributed by atoms with Gasteiger partial charge in [0.05, 0.1) is 11.6 Å². The van der Waals surface area contributed by atoms with E-state index in [9.17, 15) is 22.8 Å². The van der Waals surface area contributed by atoms with E-state index in [2.05, 4.69) is 15.6 Å². The number of pyridine rings is 1. The van der Waals surface area contributed by atoms with Crippen LogP contribution in [0, 0.1) is 0 Å². The van der Waals surface area contributed by atoms with Crippen molar-refractivity contribution in [3.8, 4) is 11.1 Å². The summed E-state index contributed by atoms with van der Waals surface area (Å²) >= 11 is 0. The summed E-state index contributed by atoms with van der Waals surface area (Å²) in [5.41, 5.74) is 2.58. The molecule has 1 fully saturated rings. The molecular formula is C26H24F3N3O3. The average molecular weight is 483 g/mol. The third-order valence-electron chi connectivity index (χ3n) is 6.00. The summed E-state index contributed by atoms with van der Waals surface area (Å²) < 4.78 is 39.8. The Bertz CT molecular complexity index is 1240. The first-order valence-electron chi connectivity index (χ1n) is 11.2. The minimum Gasteiger partial charge on any atom is -0.465 e. The molecule has 1 heterocycles. The van der Waals surface area contributed by atoms with Gasteiger partial charge >= 0.3 is 12.3 Å². The van der Waals surface area contributed by atoms with Gasteiger partial charge in [0, 0.05) is 12.7 Å². The number of hydrogen-bond acceptors (Lipinski definition) is 3. The molecule has 3 aromatic rings. The third-order valence-corrected chi connectivity index (χ3v) is 6.00. The molecule has 0 saturated heterocycles. The van der Waals surface area contributed by atoms with Gasteiger partial charge in [-0.15, -0.1) is 0 Å². The van der Waals surface area contributed by atoms with Crippen LogP contribution >= 0.6 is 0 Å². The van der Waals surface area contributed by atoms with Crippen LogP contribution in [0.1, 0.15) is 64.5 Å². The smallest absolute Gasteiger partial charge is 0.416 e. The van der Waals surface area contributed by atoms with Crippen molar-refractivity contribution in [1.29, 1.82) is 0 Å². The molecule has 182 valence electrons. The fourth-order valence-electron chi connectivity index (χ4n) is 3.89. The van der Waals surface area contributed by atoms with Crippen LogP contribution in [0.2, 0.25) is 0 Å². The van der Waals surface area contributed by atoms with E-state index in [4.69, 9.17) is 5.11 Å². The van der Waals surface area contributed by atoms with Crippen LogP contribution in [0.4, 0.5) is 18.0 Å². The van der Waals surface area contributed by atoms with Gasteiger partial charge in [-0.2, -0.15) is 13.2 Å². The van der Waals surface area contributed by atoms with Gasteiger partial charge in [-0.1, -0.05) is 30.3 Å². The maximum Gasteiger partial charge on any atom is 0.416 e. The molecule has 9 heteroatoms. The summed E-state index contributed by atoms with van der Waals surface area (Å²) in [7, 11) is 0. The molecule has 0 unspecified atom stereocenters. The Labute approximate surface area is 200 Å². The van der Waals surface area contributed by atoms with Gasteiger partial charge in [-0.25, -0.2) is 4.79 Å². The first-order chi connectivity index (χ1) is 16.6. The van der Waals surface area contributed by atoms with Crippen molar-refractivity contribution in [3.63, 3.8) is 0 Å². The zero-order valence-electron chi connectivity index (χ0n) is 18.9. The number of halogens is 3. The number of alkyl halides is 3. The van der Waals surface area contributed by atoms with Crippen LogP contribution in [0.15, 0.2) is 60.8 Å². The van der Waals surface area contributed by atoms with Crippen molar-refractivity contribution in [3.05, 3.63) is 88.7 Å². The van der Waals surface area contributed by atoms with Crippen LogP contribution in [0.5, 0.6) is 0 Å². The van der Waals surface area contributed by atoms with E-state index in [0.29, 0.717) is 22.7 Å². The van der Waals surface area contributed by atoms with E-state index in [-0.39, 0.29) is 24.1 Å². The molecule has 1 aromatic heterocycles. The lowest BCUT2D eigenvalue weighted by molar-refractivity contribution is -0.137. The van der Waals surface area contributed by atoms with Crippen molar-refractivity contribution < 1.29 is 27.9 Å². The van der Waals surface area contributed by atoms with Gasteiger partial charge in [0.1, 0.15) is 5.69 Å². The first kappa shape index (κ1) is 24.3. The second-order valence-electron chi connectivity index (χ2n) is 8.59. The van der Waals surface area contributed by atoms with E-state index < -0.39 is 17.8 Å². The van der Waals surface area contributed by atoms with E-state index >= 15 is 0 Å². The molecule has 1 aliphatic rings. The maximum absolute atomic E-state index is 13.3. The Morgan fingerprint density at radius 1 is 1.09 bits per heavy atom. The lowest BCUT2D eigenvalue weighted by atomic mass is 9.95. The fourth-order valence-corrected chi connectivity index (χ4v) is 3.89. The highest BCUT2D eigenvalue weighted by atomic mass is 19.4. The standard InChI is InChI=1S/C26H24F3N3O3/c1-15(32-24(33)23-12-19(10-11-30-23)17-4-5-17)16-2-6-18(7-3-16)22-13-21(26(27,28)29)9-8-20(22)14-31-25(34)35/h2-3,6-13,15,17,31H,4-5,14H2,1H3,(H,32,33)(H,34,35)/t15-/m1/s1. The molecule has 2 aromatic carbocycles. The topological polar surface area (TPSA) is 91.3 Å². The largest absolute Gasteiger partial charge is 0.465 e. The zero-order chi connectivity index (χ0) is 25.2. The fraction of sp³-hybridized carbons (Fsp3) is 0.269. The summed E-state index contributed by atoms with van der Waals surface area (Å²) in [6.07, 6.45) is -1.93. The van der Waals surface area contributed by atoms with Gasteiger partial charge in [-0.05, 0) is 77.8 Å². The second-order valence-corrected chi connectivity index (χ2v) is 8.59. The minimum atomic E-state index is -4.53. The van der Waals surface area contributed by atoms with E-state index in [0.717, 1.165) is 36.1 Å². The Morgan fingerprint density at radius 2 is 1.80 bits per heavy atom. The summed E-state index contributed by atoms with van der Waals surface area (Å²) in [6, 6.07) is 13.3. The molecule has 1 aliphatic carbocycles. The van der Waals surface area contributed by atoms with E-state index in [1.807, 2.05) is 19.1 Å². The number of hydrogen-bond donors (Lipinski definition) is 3. The number of rotatable bonds is 7. The van der Waals surface area contributed by atoms with Gasteiger partial charge in [0.25, 0.3) is 5.91 Å². The predicted octanol–water partition coefficient (Wildman–Crippen LogP) is 5.90. The van der Waals surface area contributed by atoms with Crippen LogP contribution < -0.4 is 10.6 Å². The van der Waals surface area contributed by atoms with Crippen LogP contribution in [-0.4, -0.2) is 22.1 Å². The number of carbonyl (C=O) groups excluding carboxylic acids is 1. The molecule has 0 radical (unpaired) electrons. The molecule has 0 bridgehead atoms. The molecule has 1 atom stereocenters. The van der Waals surface area contributed by atoms with Crippen LogP contribution in [0.25, 0.3) is 11.1 Å². The Kier molecular flexibility index (Phi) is 6.77. The van der Waals surface area contributed by atoms with Gasteiger partial charge in [-0.3, -0.25) is 9.78 Å². The molecule has 0 spiro atoms. The van der Waals surface area contributed by atoms with Crippen molar-refractivity contribution in [1.82, 2.24) is 15.6 Å². The summed E-state index contributed by atoms with van der Waals surface area (Å²) in [5.74, 6) is 0.199. The van der Waals surface area contributed by atoms with Gasteiger partial charge in [0.15, 0.2) is 0 Å². The molecule has 6 nitrogen and oxygen atoms in total. The quantitative estimate of drug-likeness (QED) is 0.390. The van der Waals surface area contributed by atoms with E-state index in [1.54, 1.807) is 30.5 Å². The first-order valence-corrected chi connectivity index (χ1v) is 11.2. The third kappa shape index (κ3) is 5.98. The predicted molar refractivity (Wildman–Crippen MR) is 124 cm³/mol. The lowest BCUT2D eigenvalue weighted by Crippen LogP contribution is -2.27.